The molecule has 0 bridgehead atoms. The summed E-state index contributed by atoms with van der Waals surface area (Å²) >= 11 is 0. The second kappa shape index (κ2) is 14.4. The third-order valence-electron chi connectivity index (χ3n) is 8.43. The van der Waals surface area contributed by atoms with Crippen molar-refractivity contribution in [3.8, 4) is 0 Å². The topological polar surface area (TPSA) is 55.4 Å². The van der Waals surface area contributed by atoms with Gasteiger partial charge in [0.05, 0.1) is 24.6 Å². The van der Waals surface area contributed by atoms with E-state index >= 15 is 0 Å². The highest BCUT2D eigenvalue weighted by molar-refractivity contribution is 5.88. The van der Waals surface area contributed by atoms with Crippen LogP contribution in [0.3, 0.4) is 0 Å². The fourth-order valence-electron chi connectivity index (χ4n) is 6.46. The van der Waals surface area contributed by atoms with Crippen molar-refractivity contribution in [2.75, 3.05) is 7.11 Å². The van der Waals surface area contributed by atoms with E-state index in [0.717, 1.165) is 36.0 Å². The van der Waals surface area contributed by atoms with Gasteiger partial charge in [-0.05, 0) is 41.4 Å². The summed E-state index contributed by atoms with van der Waals surface area (Å²) in [4.78, 5) is 27.2. The minimum Gasteiger partial charge on any atom is -0.469 e. The Bertz CT molecular complexity index is 1090. The molecule has 0 saturated heterocycles. The molecule has 0 aromatic heterocycles. The highest BCUT2D eigenvalue weighted by atomic mass is 16.5. The lowest BCUT2D eigenvalue weighted by Gasteiger charge is -2.40. The van der Waals surface area contributed by atoms with Crippen LogP contribution in [0.2, 0.25) is 0 Å². The molecular weight excluding hydrogens is 494 g/mol. The normalized spacial score (nSPS) is 15.9. The lowest BCUT2D eigenvalue weighted by Crippen LogP contribution is -2.53. The molecule has 4 heteroatoms. The SMILES string of the molecule is COC(=O)[C@@H](CC(=O)[C@H](CC(C)C)NC(c1ccccc1)(c1ccccc1)c1ccccc1)CC1CCCCC1. The van der Waals surface area contributed by atoms with Crippen molar-refractivity contribution < 1.29 is 14.3 Å². The molecule has 1 saturated carbocycles. The summed E-state index contributed by atoms with van der Waals surface area (Å²) in [5.41, 5.74) is 2.46. The number of hydrogen-bond donors (Lipinski definition) is 1. The monoisotopic (exact) mass is 539 g/mol. The van der Waals surface area contributed by atoms with Crippen LogP contribution in [0.4, 0.5) is 0 Å². The van der Waals surface area contributed by atoms with Crippen LogP contribution in [0.15, 0.2) is 91.0 Å². The van der Waals surface area contributed by atoms with Crippen molar-refractivity contribution in [2.45, 2.75) is 76.8 Å². The number of benzene rings is 3. The highest BCUT2D eigenvalue weighted by Crippen LogP contribution is 2.38. The van der Waals surface area contributed by atoms with Gasteiger partial charge in [-0.3, -0.25) is 14.9 Å². The quantitative estimate of drug-likeness (QED) is 0.179. The van der Waals surface area contributed by atoms with Gasteiger partial charge in [-0.2, -0.15) is 0 Å². The molecule has 0 heterocycles. The number of carbonyl (C=O) groups excluding carboxylic acids is 2. The summed E-state index contributed by atoms with van der Waals surface area (Å²) < 4.78 is 5.21. The van der Waals surface area contributed by atoms with Crippen molar-refractivity contribution in [3.05, 3.63) is 108 Å². The van der Waals surface area contributed by atoms with Crippen molar-refractivity contribution in [1.29, 1.82) is 0 Å². The Kier molecular flexibility index (Phi) is 10.7. The predicted octanol–water partition coefficient (Wildman–Crippen LogP) is 7.70. The van der Waals surface area contributed by atoms with Crippen LogP contribution in [0.1, 0.15) is 81.9 Å². The zero-order chi connectivity index (χ0) is 28.4. The van der Waals surface area contributed by atoms with E-state index in [1.165, 1.54) is 26.4 Å². The van der Waals surface area contributed by atoms with Crippen molar-refractivity contribution in [2.24, 2.45) is 17.8 Å². The van der Waals surface area contributed by atoms with Crippen LogP contribution in [0.25, 0.3) is 0 Å². The van der Waals surface area contributed by atoms with Gasteiger partial charge in [0, 0.05) is 6.42 Å². The van der Waals surface area contributed by atoms with Crippen molar-refractivity contribution in [3.63, 3.8) is 0 Å². The summed E-state index contributed by atoms with van der Waals surface area (Å²) in [5.74, 6) is 0.182. The predicted molar refractivity (Wildman–Crippen MR) is 162 cm³/mol. The molecular formula is C36H45NO3. The first kappa shape index (κ1) is 29.7. The number of ketones is 1. The van der Waals surface area contributed by atoms with Crippen molar-refractivity contribution in [1.82, 2.24) is 5.32 Å². The number of carbonyl (C=O) groups is 2. The van der Waals surface area contributed by atoms with Crippen LogP contribution in [0.5, 0.6) is 0 Å². The molecule has 1 aliphatic carbocycles. The number of hydrogen-bond acceptors (Lipinski definition) is 4. The zero-order valence-electron chi connectivity index (χ0n) is 24.4. The molecule has 0 radical (unpaired) electrons. The van der Waals surface area contributed by atoms with Gasteiger partial charge in [-0.15, -0.1) is 0 Å². The minimum atomic E-state index is -0.747. The molecule has 3 aromatic rings. The molecule has 1 fully saturated rings. The molecule has 0 aliphatic heterocycles. The Balaban J connectivity index is 1.74. The number of nitrogens with one attached hydrogen (secondary N) is 1. The molecule has 1 aliphatic rings. The first-order chi connectivity index (χ1) is 19.4. The minimum absolute atomic E-state index is 0.0760. The Morgan fingerprint density at radius 2 is 1.27 bits per heavy atom. The summed E-state index contributed by atoms with van der Waals surface area (Å²) in [5, 5.41) is 3.91. The second-order valence-corrected chi connectivity index (χ2v) is 11.8. The first-order valence-corrected chi connectivity index (χ1v) is 15.0. The van der Waals surface area contributed by atoms with E-state index in [9.17, 15) is 9.59 Å². The number of esters is 1. The molecule has 1 N–H and O–H groups in total. The van der Waals surface area contributed by atoms with E-state index in [2.05, 4.69) is 55.6 Å². The third kappa shape index (κ3) is 7.28. The molecule has 40 heavy (non-hydrogen) atoms. The van der Waals surface area contributed by atoms with Gasteiger partial charge < -0.3 is 4.74 Å². The summed E-state index contributed by atoms with van der Waals surface area (Å²) in [6.07, 6.45) is 7.54. The van der Waals surface area contributed by atoms with Gasteiger partial charge in [0.15, 0.2) is 5.78 Å². The number of rotatable bonds is 13. The Morgan fingerprint density at radius 3 is 1.70 bits per heavy atom. The number of Topliss-reactive ketones (excluding diaryl/α,β-unsaturated/α-hetero) is 1. The molecule has 0 amide bonds. The summed E-state index contributed by atoms with van der Waals surface area (Å²) in [6.45, 7) is 4.30. The fourth-order valence-corrected chi connectivity index (χ4v) is 6.46. The fraction of sp³-hybridized carbons (Fsp3) is 0.444. The standard InChI is InChI=1S/C36H45NO3/c1-27(2)24-33(34(38)26-29(35(39)40-3)25-28-16-8-4-9-17-28)37-36(30-18-10-5-11-19-30,31-20-12-6-13-21-31)32-22-14-7-15-23-32/h5-7,10-15,18-23,27-29,33,37H,4,8-9,16-17,24-26H2,1-3H3/t29-,33+/m1/s1. The van der Waals surface area contributed by atoms with Gasteiger partial charge in [0.25, 0.3) is 0 Å². The van der Waals surface area contributed by atoms with Gasteiger partial charge in [-0.25, -0.2) is 0 Å². The third-order valence-corrected chi connectivity index (χ3v) is 8.43. The van der Waals surface area contributed by atoms with Gasteiger partial charge in [-0.1, -0.05) is 137 Å². The Hall–Kier alpha value is -3.24. The van der Waals surface area contributed by atoms with E-state index in [1.807, 2.05) is 54.6 Å². The van der Waals surface area contributed by atoms with Crippen LogP contribution in [-0.2, 0) is 19.9 Å². The first-order valence-electron chi connectivity index (χ1n) is 15.0. The molecule has 3 aromatic carbocycles. The lowest BCUT2D eigenvalue weighted by molar-refractivity contribution is -0.148. The maximum Gasteiger partial charge on any atom is 0.309 e. The van der Waals surface area contributed by atoms with E-state index in [4.69, 9.17) is 4.74 Å². The average Bonchev–Trinajstić information content (AvgIpc) is 3.00. The van der Waals surface area contributed by atoms with Crippen LogP contribution < -0.4 is 5.32 Å². The smallest absolute Gasteiger partial charge is 0.309 e. The zero-order valence-corrected chi connectivity index (χ0v) is 24.4. The van der Waals surface area contributed by atoms with E-state index in [1.54, 1.807) is 0 Å². The molecule has 0 unspecified atom stereocenters. The lowest BCUT2D eigenvalue weighted by atomic mass is 9.75. The van der Waals surface area contributed by atoms with E-state index in [-0.39, 0.29) is 24.1 Å². The van der Waals surface area contributed by atoms with Crippen LogP contribution >= 0.6 is 0 Å². The van der Waals surface area contributed by atoms with Gasteiger partial charge in [0.1, 0.15) is 0 Å². The number of methoxy groups -OCH3 is 1. The van der Waals surface area contributed by atoms with E-state index in [0.29, 0.717) is 12.3 Å². The molecule has 212 valence electrons. The van der Waals surface area contributed by atoms with Crippen molar-refractivity contribution >= 4 is 11.8 Å². The average molecular weight is 540 g/mol. The van der Waals surface area contributed by atoms with Crippen LogP contribution in [-0.4, -0.2) is 24.9 Å². The maximum atomic E-state index is 14.3. The molecule has 2 atom stereocenters. The van der Waals surface area contributed by atoms with E-state index < -0.39 is 17.5 Å². The highest BCUT2D eigenvalue weighted by Gasteiger charge is 2.40. The van der Waals surface area contributed by atoms with Crippen LogP contribution in [0, 0.1) is 17.8 Å². The summed E-state index contributed by atoms with van der Waals surface area (Å²) in [7, 11) is 1.44. The Morgan fingerprint density at radius 1 is 0.800 bits per heavy atom. The molecule has 0 spiro atoms. The number of ether oxygens (including phenoxy) is 1. The van der Waals surface area contributed by atoms with Gasteiger partial charge in [0.2, 0.25) is 0 Å². The summed E-state index contributed by atoms with van der Waals surface area (Å²) in [6, 6.07) is 30.7. The largest absolute Gasteiger partial charge is 0.469 e. The van der Waals surface area contributed by atoms with Gasteiger partial charge >= 0.3 is 5.97 Å². The molecule has 4 rings (SSSR count). The maximum absolute atomic E-state index is 14.3. The molecule has 4 nitrogen and oxygen atoms in total. The second-order valence-electron chi connectivity index (χ2n) is 11.8. The Labute approximate surface area is 240 Å².